The van der Waals surface area contributed by atoms with Crippen molar-refractivity contribution in [3.8, 4) is 0 Å². The van der Waals surface area contributed by atoms with E-state index in [1.54, 1.807) is 11.9 Å². The minimum atomic E-state index is -0.569. The summed E-state index contributed by atoms with van der Waals surface area (Å²) in [6, 6.07) is -0.569. The molecule has 5 heteroatoms. The Balaban J connectivity index is 4.61. The maximum absolute atomic E-state index is 11.7. The first-order valence-corrected chi connectivity index (χ1v) is 7.05. The second-order valence-electron chi connectivity index (χ2n) is 5.08. The molecule has 0 aromatic rings. The molecule has 1 amide bonds. The number of carbonyl (C=O) groups excluding carboxylic acids is 2. The molecule has 0 aliphatic rings. The Kier molecular flexibility index (Phi) is 7.17. The van der Waals surface area contributed by atoms with E-state index in [2.05, 4.69) is 5.32 Å². The second-order valence-corrected chi connectivity index (χ2v) is 5.74. The second kappa shape index (κ2) is 7.52. The maximum Gasteiger partial charge on any atom is 0.328 e. The number of carbonyl (C=O) groups is 2. The third-order valence-corrected chi connectivity index (χ3v) is 2.36. The van der Waals surface area contributed by atoms with E-state index in [1.807, 2.05) is 20.8 Å². The van der Waals surface area contributed by atoms with Crippen LogP contribution in [0.1, 0.15) is 34.1 Å². The molecule has 0 aliphatic heterocycles. The van der Waals surface area contributed by atoms with Gasteiger partial charge in [-0.15, -0.1) is 4.94 Å². The van der Waals surface area contributed by atoms with Crippen LogP contribution in [0, 0.1) is 5.41 Å². The molecule has 0 heterocycles. The van der Waals surface area contributed by atoms with E-state index in [-0.39, 0.29) is 17.3 Å². The van der Waals surface area contributed by atoms with E-state index in [0.29, 0.717) is 13.0 Å². The summed E-state index contributed by atoms with van der Waals surface area (Å²) in [7, 11) is 0. The highest BCUT2D eigenvalue weighted by atomic mass is 27.0. The Morgan fingerprint density at radius 3 is 2.41 bits per heavy atom. The Hall–Kier alpha value is -0.788. The average molecular weight is 255 g/mol. The number of nitrogens with one attached hydrogen (secondary N) is 1. The predicted molar refractivity (Wildman–Crippen MR) is 70.3 cm³/mol. The van der Waals surface area contributed by atoms with Gasteiger partial charge in [0.25, 0.3) is 0 Å². The lowest BCUT2D eigenvalue weighted by Crippen LogP contribution is -2.43. The van der Waals surface area contributed by atoms with Crippen molar-refractivity contribution in [2.45, 2.75) is 40.2 Å². The molecule has 96 valence electrons. The summed E-state index contributed by atoms with van der Waals surface area (Å²) in [5, 5.41) is 2.68. The van der Waals surface area contributed by atoms with Crippen molar-refractivity contribution < 1.29 is 14.3 Å². The van der Waals surface area contributed by atoms with Crippen molar-refractivity contribution in [3.05, 3.63) is 11.0 Å². The van der Waals surface area contributed by atoms with Crippen molar-refractivity contribution >= 4 is 28.2 Å². The molecular weight excluding hydrogens is 233 g/mol. The molecular formula is C12H22AlNO3. The van der Waals surface area contributed by atoms with Crippen LogP contribution in [-0.2, 0) is 14.3 Å². The van der Waals surface area contributed by atoms with Crippen LogP contribution in [0.25, 0.3) is 0 Å². The fraction of sp³-hybridized carbons (Fsp3) is 0.667. The molecule has 17 heavy (non-hydrogen) atoms. The van der Waals surface area contributed by atoms with E-state index >= 15 is 0 Å². The molecule has 1 unspecified atom stereocenters. The SMILES string of the molecule is CCOC(=O)C(CC(C)(C)C)NC(=O)/C=[CH]/[AlH2]. The zero-order valence-corrected chi connectivity index (χ0v) is 13.4. The summed E-state index contributed by atoms with van der Waals surface area (Å²) in [5.74, 6) is -0.597. The van der Waals surface area contributed by atoms with Gasteiger partial charge in [0.15, 0.2) is 0 Å². The highest BCUT2D eigenvalue weighted by molar-refractivity contribution is 6.19. The lowest BCUT2D eigenvalue weighted by molar-refractivity contribution is -0.147. The molecule has 0 bridgehead atoms. The number of ether oxygens (including phenoxy) is 1. The van der Waals surface area contributed by atoms with Crippen LogP contribution in [0.2, 0.25) is 0 Å². The fourth-order valence-corrected chi connectivity index (χ4v) is 1.72. The van der Waals surface area contributed by atoms with Gasteiger partial charge in [0.1, 0.15) is 6.04 Å². The highest BCUT2D eigenvalue weighted by Crippen LogP contribution is 2.21. The Bertz CT molecular complexity index is 295. The first-order chi connectivity index (χ1) is 7.80. The van der Waals surface area contributed by atoms with Crippen molar-refractivity contribution in [3.63, 3.8) is 0 Å². The molecule has 0 saturated carbocycles. The number of amides is 1. The largest absolute Gasteiger partial charge is 0.464 e. The van der Waals surface area contributed by atoms with E-state index in [4.69, 9.17) is 4.74 Å². The van der Waals surface area contributed by atoms with Gasteiger partial charge in [-0.1, -0.05) is 20.8 Å². The van der Waals surface area contributed by atoms with Gasteiger partial charge < -0.3 is 10.1 Å². The van der Waals surface area contributed by atoms with E-state index in [1.165, 1.54) is 6.08 Å². The summed E-state index contributed by atoms with van der Waals surface area (Å²) < 4.78 is 4.96. The van der Waals surface area contributed by atoms with Crippen LogP contribution < -0.4 is 5.32 Å². The quantitative estimate of drug-likeness (QED) is 0.445. The third kappa shape index (κ3) is 8.01. The zero-order valence-electron chi connectivity index (χ0n) is 11.4. The van der Waals surface area contributed by atoms with E-state index < -0.39 is 6.04 Å². The molecule has 1 atom stereocenters. The van der Waals surface area contributed by atoms with Crippen molar-refractivity contribution in [1.29, 1.82) is 0 Å². The Morgan fingerprint density at radius 1 is 1.41 bits per heavy atom. The van der Waals surface area contributed by atoms with Crippen LogP contribution in [0.5, 0.6) is 0 Å². The van der Waals surface area contributed by atoms with Gasteiger partial charge in [-0.25, -0.2) is 4.79 Å². The number of rotatable bonds is 5. The summed E-state index contributed by atoms with van der Waals surface area (Å²) >= 11 is 0.820. The van der Waals surface area contributed by atoms with E-state index in [0.717, 1.165) is 16.3 Å². The third-order valence-electron chi connectivity index (χ3n) is 2.02. The van der Waals surface area contributed by atoms with Gasteiger partial charge in [0.2, 0.25) is 22.2 Å². The smallest absolute Gasteiger partial charge is 0.328 e. The van der Waals surface area contributed by atoms with E-state index in [9.17, 15) is 9.59 Å². The van der Waals surface area contributed by atoms with Crippen LogP contribution in [-0.4, -0.2) is 40.8 Å². The molecule has 0 aliphatic carbocycles. The topological polar surface area (TPSA) is 55.4 Å². The van der Waals surface area contributed by atoms with Gasteiger partial charge in [0, 0.05) is 0 Å². The van der Waals surface area contributed by atoms with Gasteiger partial charge in [0.05, 0.1) is 6.61 Å². The minimum absolute atomic E-state index is 0.0462. The Morgan fingerprint density at radius 2 is 2.00 bits per heavy atom. The Labute approximate surface area is 111 Å². The molecule has 4 nitrogen and oxygen atoms in total. The van der Waals surface area contributed by atoms with Gasteiger partial charge >= 0.3 is 5.97 Å². The molecule has 0 saturated heterocycles. The molecule has 0 aromatic carbocycles. The monoisotopic (exact) mass is 255 g/mol. The number of hydrogen-bond acceptors (Lipinski definition) is 3. The van der Waals surface area contributed by atoms with Gasteiger partial charge in [-0.05, 0) is 24.8 Å². The lowest BCUT2D eigenvalue weighted by Gasteiger charge is -2.25. The van der Waals surface area contributed by atoms with Crippen molar-refractivity contribution in [1.82, 2.24) is 5.32 Å². The normalized spacial score (nSPS) is 13.4. The van der Waals surface area contributed by atoms with Crippen molar-refractivity contribution in [2.24, 2.45) is 5.41 Å². The van der Waals surface area contributed by atoms with Crippen LogP contribution in [0.15, 0.2) is 11.0 Å². The molecule has 0 fully saturated rings. The standard InChI is InChI=1S/C12H20NO3.Al.2H/c1-6-10(14)13-9(8-12(3,4)5)11(15)16-7-2;;;/h1,6,9H,7-8H2,2-5H3,(H,13,14);;;. The number of hydrogen-bond donors (Lipinski definition) is 1. The molecule has 0 rings (SSSR count). The fourth-order valence-electron chi connectivity index (χ4n) is 1.42. The van der Waals surface area contributed by atoms with Crippen LogP contribution >= 0.6 is 0 Å². The molecule has 1 N–H and O–H groups in total. The number of esters is 1. The molecule has 0 aromatic heterocycles. The summed E-state index contributed by atoms with van der Waals surface area (Å²) in [6.07, 6.45) is 2.02. The lowest BCUT2D eigenvalue weighted by atomic mass is 9.88. The van der Waals surface area contributed by atoms with Crippen molar-refractivity contribution in [2.75, 3.05) is 6.61 Å². The van der Waals surface area contributed by atoms with Crippen LogP contribution in [0.4, 0.5) is 0 Å². The summed E-state index contributed by atoms with van der Waals surface area (Å²) in [4.78, 5) is 24.9. The maximum atomic E-state index is 11.7. The first-order valence-electron chi connectivity index (χ1n) is 5.90. The zero-order chi connectivity index (χ0) is 13.5. The summed E-state index contributed by atoms with van der Waals surface area (Å²) in [6.45, 7) is 8.15. The predicted octanol–water partition coefficient (Wildman–Crippen LogP) is 0.617. The van der Waals surface area contributed by atoms with Crippen LogP contribution in [0.3, 0.4) is 0 Å². The molecule has 0 radical (unpaired) electrons. The van der Waals surface area contributed by atoms with Gasteiger partial charge in [-0.2, -0.15) is 0 Å². The van der Waals surface area contributed by atoms with Gasteiger partial charge in [-0.3, -0.25) is 4.79 Å². The minimum Gasteiger partial charge on any atom is -0.464 e. The summed E-state index contributed by atoms with van der Waals surface area (Å²) in [5.41, 5.74) is -0.0462. The highest BCUT2D eigenvalue weighted by Gasteiger charge is 2.26. The molecule has 0 spiro atoms. The average Bonchev–Trinajstić information content (AvgIpc) is 2.15. The first kappa shape index (κ1) is 16.2.